The number of amides is 1. The molecule has 0 aliphatic heterocycles. The van der Waals surface area contributed by atoms with Crippen LogP contribution in [0.4, 0.5) is 5.69 Å². The van der Waals surface area contributed by atoms with E-state index in [0.29, 0.717) is 11.4 Å². The van der Waals surface area contributed by atoms with E-state index >= 15 is 0 Å². The Kier molecular flexibility index (Phi) is 4.77. The van der Waals surface area contributed by atoms with Gasteiger partial charge in [-0.1, -0.05) is 6.08 Å². The second-order valence-corrected chi connectivity index (χ2v) is 7.21. The second-order valence-electron chi connectivity index (χ2n) is 3.23. The van der Waals surface area contributed by atoms with Crippen molar-refractivity contribution in [1.82, 2.24) is 0 Å². The lowest BCUT2D eigenvalue weighted by molar-refractivity contribution is -0.114. The Morgan fingerprint density at radius 2 is 2.00 bits per heavy atom. The Hall–Kier alpha value is -1.27. The highest BCUT2D eigenvalue weighted by atomic mass is 33.1. The molecule has 92 valence electrons. The van der Waals surface area contributed by atoms with Crippen molar-refractivity contribution in [3.8, 4) is 0 Å². The molecule has 0 fully saturated rings. The maximum atomic E-state index is 11.8. The fourth-order valence-corrected chi connectivity index (χ4v) is 3.56. The molecule has 1 rings (SSSR count). The normalized spacial score (nSPS) is 10.9. The maximum absolute atomic E-state index is 11.8. The van der Waals surface area contributed by atoms with E-state index in [1.54, 1.807) is 12.1 Å². The Labute approximate surface area is 104 Å². The van der Waals surface area contributed by atoms with Gasteiger partial charge in [0.2, 0.25) is 14.8 Å². The van der Waals surface area contributed by atoms with Crippen molar-refractivity contribution in [2.45, 2.75) is 11.8 Å². The van der Waals surface area contributed by atoms with Crippen LogP contribution in [-0.4, -0.2) is 20.1 Å². The van der Waals surface area contributed by atoms with E-state index in [9.17, 15) is 13.2 Å². The first-order valence-corrected chi connectivity index (χ1v) is 7.82. The third kappa shape index (κ3) is 4.24. The number of benzene rings is 1. The molecule has 6 heteroatoms. The van der Waals surface area contributed by atoms with Crippen molar-refractivity contribution in [2.24, 2.45) is 0 Å². The molecule has 0 aliphatic carbocycles. The third-order valence-corrected chi connectivity index (χ3v) is 5.25. The average molecular weight is 271 g/mol. The molecule has 1 amide bonds. The van der Waals surface area contributed by atoms with Crippen LogP contribution in [0.1, 0.15) is 6.92 Å². The lowest BCUT2D eigenvalue weighted by Gasteiger charge is -2.04. The van der Waals surface area contributed by atoms with Gasteiger partial charge in [0.1, 0.15) is 0 Å². The topological polar surface area (TPSA) is 63.2 Å². The van der Waals surface area contributed by atoms with Crippen LogP contribution in [0.3, 0.4) is 0 Å². The van der Waals surface area contributed by atoms with Crippen LogP contribution in [0, 0.1) is 0 Å². The summed E-state index contributed by atoms with van der Waals surface area (Å²) in [4.78, 5) is 11.0. The zero-order valence-corrected chi connectivity index (χ0v) is 11.0. The minimum atomic E-state index is -3.33. The smallest absolute Gasteiger partial charge is 0.230 e. The van der Waals surface area contributed by atoms with Crippen LogP contribution in [0.5, 0.6) is 0 Å². The summed E-state index contributed by atoms with van der Waals surface area (Å²) in [5.41, 5.74) is 0.574. The van der Waals surface area contributed by atoms with Gasteiger partial charge in [-0.2, -0.15) is 0 Å². The number of carbonyl (C=O) groups is 1. The zero-order valence-electron chi connectivity index (χ0n) is 9.34. The van der Waals surface area contributed by atoms with Crippen LogP contribution in [0.15, 0.2) is 41.8 Å². The van der Waals surface area contributed by atoms with Crippen molar-refractivity contribution in [3.05, 3.63) is 36.9 Å². The van der Waals surface area contributed by atoms with E-state index in [2.05, 4.69) is 11.9 Å². The van der Waals surface area contributed by atoms with Crippen molar-refractivity contribution < 1.29 is 13.2 Å². The van der Waals surface area contributed by atoms with Gasteiger partial charge in [0.05, 0.1) is 4.90 Å². The largest absolute Gasteiger partial charge is 0.326 e. The molecule has 4 nitrogen and oxygen atoms in total. The Balaban J connectivity index is 2.86. The average Bonchev–Trinajstić information content (AvgIpc) is 2.26. The van der Waals surface area contributed by atoms with Gasteiger partial charge in [0.15, 0.2) is 0 Å². The molecule has 1 aromatic carbocycles. The molecule has 0 spiro atoms. The molecule has 0 radical (unpaired) electrons. The summed E-state index contributed by atoms with van der Waals surface area (Å²) < 4.78 is 23.5. The molecule has 0 unspecified atom stereocenters. The zero-order chi connectivity index (χ0) is 12.9. The predicted molar refractivity (Wildman–Crippen MR) is 70.6 cm³/mol. The van der Waals surface area contributed by atoms with Gasteiger partial charge < -0.3 is 5.32 Å². The number of rotatable bonds is 5. The molecular formula is C11H13NO3S2. The first-order chi connectivity index (χ1) is 7.95. The Bertz CT molecular complexity index is 506. The summed E-state index contributed by atoms with van der Waals surface area (Å²) in [6.45, 7) is 4.86. The molecular weight excluding hydrogens is 258 g/mol. The molecule has 1 aromatic rings. The number of hydrogen-bond acceptors (Lipinski definition) is 4. The minimum absolute atomic E-state index is 0.193. The highest BCUT2D eigenvalue weighted by Gasteiger charge is 2.13. The van der Waals surface area contributed by atoms with Gasteiger partial charge in [0, 0.05) is 18.4 Å². The third-order valence-electron chi connectivity index (χ3n) is 1.80. The van der Waals surface area contributed by atoms with Crippen LogP contribution < -0.4 is 5.32 Å². The molecule has 17 heavy (non-hydrogen) atoms. The Morgan fingerprint density at radius 1 is 1.41 bits per heavy atom. The summed E-state index contributed by atoms with van der Waals surface area (Å²) in [5.74, 6) is 0.150. The molecule has 0 saturated heterocycles. The number of hydrogen-bond donors (Lipinski definition) is 1. The summed E-state index contributed by atoms with van der Waals surface area (Å²) in [6, 6.07) is 6.05. The van der Waals surface area contributed by atoms with Gasteiger partial charge in [0.25, 0.3) is 0 Å². The molecule has 0 aliphatic rings. The van der Waals surface area contributed by atoms with Crippen LogP contribution in [0.25, 0.3) is 0 Å². The first-order valence-electron chi connectivity index (χ1n) is 4.83. The summed E-state index contributed by atoms with van der Waals surface area (Å²) in [6.07, 6.45) is 1.54. The lowest BCUT2D eigenvalue weighted by Crippen LogP contribution is -2.05. The van der Waals surface area contributed by atoms with Crippen LogP contribution in [-0.2, 0) is 13.7 Å². The van der Waals surface area contributed by atoms with E-state index in [4.69, 9.17) is 0 Å². The molecule has 1 N–H and O–H groups in total. The molecule has 0 atom stereocenters. The molecule has 0 aromatic heterocycles. The van der Waals surface area contributed by atoms with E-state index in [-0.39, 0.29) is 10.8 Å². The van der Waals surface area contributed by atoms with Crippen molar-refractivity contribution >= 4 is 31.3 Å². The van der Waals surface area contributed by atoms with Crippen molar-refractivity contribution in [2.75, 3.05) is 11.1 Å². The lowest BCUT2D eigenvalue weighted by atomic mass is 10.3. The standard InChI is InChI=1S/C11H13NO3S2/c1-3-8-16-17(14,15)11-6-4-10(5-7-11)12-9(2)13/h3-7H,1,8H2,2H3,(H,12,13). The SMILES string of the molecule is C=CCSS(=O)(=O)c1ccc(NC(C)=O)cc1. The van der Waals surface area contributed by atoms with Crippen LogP contribution in [0.2, 0.25) is 0 Å². The highest BCUT2D eigenvalue weighted by molar-refractivity contribution is 8.72. The summed E-state index contributed by atoms with van der Waals surface area (Å²) in [7, 11) is -2.52. The van der Waals surface area contributed by atoms with Gasteiger partial charge in [-0.3, -0.25) is 4.79 Å². The first kappa shape index (κ1) is 13.8. The Morgan fingerprint density at radius 3 is 2.47 bits per heavy atom. The minimum Gasteiger partial charge on any atom is -0.326 e. The fourth-order valence-electron chi connectivity index (χ4n) is 1.11. The molecule has 0 saturated carbocycles. The number of nitrogens with one attached hydrogen (secondary N) is 1. The van der Waals surface area contributed by atoms with Gasteiger partial charge in [-0.25, -0.2) is 8.42 Å². The summed E-state index contributed by atoms with van der Waals surface area (Å²) in [5, 5.41) is 2.57. The molecule has 0 heterocycles. The maximum Gasteiger partial charge on any atom is 0.230 e. The number of carbonyl (C=O) groups excluding carboxylic acids is 1. The van der Waals surface area contributed by atoms with Crippen molar-refractivity contribution in [3.63, 3.8) is 0 Å². The highest BCUT2D eigenvalue weighted by Crippen LogP contribution is 2.24. The van der Waals surface area contributed by atoms with E-state index in [0.717, 1.165) is 10.8 Å². The fraction of sp³-hybridized carbons (Fsp3) is 0.182. The van der Waals surface area contributed by atoms with E-state index in [1.165, 1.54) is 25.1 Å². The monoisotopic (exact) mass is 271 g/mol. The molecule has 0 bridgehead atoms. The second kappa shape index (κ2) is 5.88. The summed E-state index contributed by atoms with van der Waals surface area (Å²) >= 11 is 0. The van der Waals surface area contributed by atoms with Gasteiger partial charge in [-0.15, -0.1) is 6.58 Å². The van der Waals surface area contributed by atoms with Crippen molar-refractivity contribution in [1.29, 1.82) is 0 Å². The number of anilines is 1. The van der Waals surface area contributed by atoms with Crippen LogP contribution >= 0.6 is 10.8 Å². The van der Waals surface area contributed by atoms with Gasteiger partial charge in [-0.05, 0) is 35.1 Å². The van der Waals surface area contributed by atoms with E-state index < -0.39 is 8.87 Å². The predicted octanol–water partition coefficient (Wildman–Crippen LogP) is 2.25. The van der Waals surface area contributed by atoms with E-state index in [1.807, 2.05) is 0 Å². The van der Waals surface area contributed by atoms with Gasteiger partial charge >= 0.3 is 0 Å². The quantitative estimate of drug-likeness (QED) is 0.659.